The maximum atomic E-state index is 12.3. The van der Waals surface area contributed by atoms with Crippen molar-refractivity contribution in [2.75, 3.05) is 24.9 Å². The number of ether oxygens (including phenoxy) is 2. The molecule has 26 heavy (non-hydrogen) atoms. The van der Waals surface area contributed by atoms with E-state index in [1.807, 2.05) is 18.2 Å². The average molecular weight is 419 g/mol. The van der Waals surface area contributed by atoms with Gasteiger partial charge in [-0.3, -0.25) is 9.59 Å². The smallest absolute Gasteiger partial charge is 0.248 e. The van der Waals surface area contributed by atoms with E-state index in [0.717, 1.165) is 10.0 Å². The van der Waals surface area contributed by atoms with Gasteiger partial charge in [0.2, 0.25) is 11.8 Å². The van der Waals surface area contributed by atoms with Crippen LogP contribution in [0.5, 0.6) is 11.5 Å². The minimum absolute atomic E-state index is 0.200. The highest BCUT2D eigenvalue weighted by atomic mass is 79.9. The Labute approximate surface area is 160 Å². The minimum Gasteiger partial charge on any atom is -0.496 e. The van der Waals surface area contributed by atoms with Gasteiger partial charge in [-0.1, -0.05) is 15.9 Å². The third-order valence-electron chi connectivity index (χ3n) is 3.38. The molecule has 0 heterocycles. The van der Waals surface area contributed by atoms with Crippen LogP contribution < -0.4 is 20.1 Å². The number of hydrogen-bond donors (Lipinski definition) is 2. The van der Waals surface area contributed by atoms with E-state index in [0.29, 0.717) is 22.9 Å². The lowest BCUT2D eigenvalue weighted by atomic mass is 10.2. The topological polar surface area (TPSA) is 76.7 Å². The first-order valence-corrected chi connectivity index (χ1v) is 8.50. The van der Waals surface area contributed by atoms with Crippen LogP contribution in [0.1, 0.15) is 12.5 Å². The highest BCUT2D eigenvalue weighted by molar-refractivity contribution is 9.10. The molecule has 0 aliphatic carbocycles. The first-order chi connectivity index (χ1) is 12.4. The molecule has 2 amide bonds. The molecular formula is C19H19BrN2O4. The summed E-state index contributed by atoms with van der Waals surface area (Å²) in [7, 11) is 3.07. The summed E-state index contributed by atoms with van der Waals surface area (Å²) in [5, 5.41) is 5.41. The van der Waals surface area contributed by atoms with E-state index < -0.39 is 0 Å². The lowest BCUT2D eigenvalue weighted by Gasteiger charge is -2.11. The summed E-state index contributed by atoms with van der Waals surface area (Å²) in [6.07, 6.45) is 3.05. The fourth-order valence-corrected chi connectivity index (χ4v) is 2.64. The molecule has 0 bridgehead atoms. The molecule has 0 aliphatic heterocycles. The lowest BCUT2D eigenvalue weighted by molar-refractivity contribution is -0.114. The van der Waals surface area contributed by atoms with Gasteiger partial charge >= 0.3 is 0 Å². The van der Waals surface area contributed by atoms with Crippen molar-refractivity contribution < 1.29 is 19.1 Å². The Hall–Kier alpha value is -2.80. The minimum atomic E-state index is -0.342. The first-order valence-electron chi connectivity index (χ1n) is 7.71. The maximum Gasteiger partial charge on any atom is 0.248 e. The van der Waals surface area contributed by atoms with Crippen LogP contribution in [0.25, 0.3) is 6.08 Å². The molecule has 2 rings (SSSR count). The number of carbonyl (C=O) groups is 2. The standard InChI is InChI=1S/C19H19BrN2O4/c1-12(23)21-15-6-8-18(26-3)16(11-15)22-19(24)9-4-13-10-14(20)5-7-17(13)25-2/h4-11H,1-3H3,(H,21,23)(H,22,24)/b9-4+. The van der Waals surface area contributed by atoms with Gasteiger partial charge in [-0.05, 0) is 42.5 Å². The summed E-state index contributed by atoms with van der Waals surface area (Å²) in [4.78, 5) is 23.5. The number of halogens is 1. The fraction of sp³-hybridized carbons (Fsp3) is 0.158. The third-order valence-corrected chi connectivity index (χ3v) is 3.88. The molecule has 0 saturated heterocycles. The van der Waals surface area contributed by atoms with E-state index >= 15 is 0 Å². The predicted octanol–water partition coefficient (Wildman–Crippen LogP) is 4.08. The van der Waals surface area contributed by atoms with Crippen molar-refractivity contribution in [2.45, 2.75) is 6.92 Å². The van der Waals surface area contributed by atoms with Gasteiger partial charge in [-0.25, -0.2) is 0 Å². The summed E-state index contributed by atoms with van der Waals surface area (Å²) in [5.41, 5.74) is 1.77. The zero-order chi connectivity index (χ0) is 19.1. The molecule has 0 saturated carbocycles. The second kappa shape index (κ2) is 9.05. The molecule has 136 valence electrons. The highest BCUT2D eigenvalue weighted by Crippen LogP contribution is 2.28. The van der Waals surface area contributed by atoms with Gasteiger partial charge < -0.3 is 20.1 Å². The van der Waals surface area contributed by atoms with Crippen molar-refractivity contribution in [2.24, 2.45) is 0 Å². The van der Waals surface area contributed by atoms with Crippen molar-refractivity contribution in [3.8, 4) is 11.5 Å². The molecule has 2 aromatic carbocycles. The first kappa shape index (κ1) is 19.5. The van der Waals surface area contributed by atoms with Gasteiger partial charge in [-0.15, -0.1) is 0 Å². The van der Waals surface area contributed by atoms with Crippen molar-refractivity contribution in [3.63, 3.8) is 0 Å². The number of carbonyl (C=O) groups excluding carboxylic acids is 2. The van der Waals surface area contributed by atoms with Crippen LogP contribution in [0.2, 0.25) is 0 Å². The van der Waals surface area contributed by atoms with Crippen LogP contribution in [-0.4, -0.2) is 26.0 Å². The van der Waals surface area contributed by atoms with E-state index in [9.17, 15) is 9.59 Å². The normalized spacial score (nSPS) is 10.5. The van der Waals surface area contributed by atoms with Gasteiger partial charge in [0, 0.05) is 28.7 Å². The van der Waals surface area contributed by atoms with Crippen LogP contribution >= 0.6 is 15.9 Å². The molecule has 2 N–H and O–H groups in total. The second-order valence-corrected chi connectivity index (χ2v) is 6.22. The molecule has 0 radical (unpaired) electrons. The zero-order valence-corrected chi connectivity index (χ0v) is 16.2. The van der Waals surface area contributed by atoms with Gasteiger partial charge in [0.1, 0.15) is 11.5 Å². The molecule has 0 fully saturated rings. The number of benzene rings is 2. The van der Waals surface area contributed by atoms with Crippen molar-refractivity contribution in [1.82, 2.24) is 0 Å². The summed E-state index contributed by atoms with van der Waals surface area (Å²) < 4.78 is 11.4. The Bertz CT molecular complexity index is 849. The zero-order valence-electron chi connectivity index (χ0n) is 14.6. The van der Waals surface area contributed by atoms with E-state index in [-0.39, 0.29) is 11.8 Å². The Balaban J connectivity index is 2.19. The van der Waals surface area contributed by atoms with E-state index in [2.05, 4.69) is 26.6 Å². The number of amides is 2. The molecule has 6 nitrogen and oxygen atoms in total. The third kappa shape index (κ3) is 5.35. The Kier molecular flexibility index (Phi) is 6.80. The van der Waals surface area contributed by atoms with Crippen LogP contribution in [0.4, 0.5) is 11.4 Å². The molecule has 0 aromatic heterocycles. The monoisotopic (exact) mass is 418 g/mol. The largest absolute Gasteiger partial charge is 0.496 e. The van der Waals surface area contributed by atoms with E-state index in [1.165, 1.54) is 20.1 Å². The molecule has 0 aliphatic rings. The number of methoxy groups -OCH3 is 2. The van der Waals surface area contributed by atoms with Gasteiger partial charge in [0.05, 0.1) is 19.9 Å². The quantitative estimate of drug-likeness (QED) is 0.692. The summed E-state index contributed by atoms with van der Waals surface area (Å²) in [6, 6.07) is 10.5. The van der Waals surface area contributed by atoms with Gasteiger partial charge in [0.15, 0.2) is 0 Å². The number of anilines is 2. The second-order valence-electron chi connectivity index (χ2n) is 5.31. The average Bonchev–Trinajstić information content (AvgIpc) is 2.60. The number of hydrogen-bond acceptors (Lipinski definition) is 4. The molecule has 0 atom stereocenters. The summed E-state index contributed by atoms with van der Waals surface area (Å²) in [5.74, 6) is 0.600. The molecule has 7 heteroatoms. The Morgan fingerprint density at radius 2 is 1.69 bits per heavy atom. The van der Waals surface area contributed by atoms with Crippen molar-refractivity contribution in [3.05, 3.63) is 52.5 Å². The van der Waals surface area contributed by atoms with Crippen LogP contribution in [-0.2, 0) is 9.59 Å². The lowest BCUT2D eigenvalue weighted by Crippen LogP contribution is -2.11. The SMILES string of the molecule is COc1ccc(Br)cc1/C=C/C(=O)Nc1cc(NC(C)=O)ccc1OC. The fourth-order valence-electron chi connectivity index (χ4n) is 2.26. The maximum absolute atomic E-state index is 12.3. The Morgan fingerprint density at radius 1 is 1.00 bits per heavy atom. The number of nitrogens with one attached hydrogen (secondary N) is 2. The van der Waals surface area contributed by atoms with Crippen LogP contribution in [0, 0.1) is 0 Å². The summed E-state index contributed by atoms with van der Waals surface area (Å²) >= 11 is 3.39. The van der Waals surface area contributed by atoms with E-state index in [4.69, 9.17) is 9.47 Å². The summed E-state index contributed by atoms with van der Waals surface area (Å²) in [6.45, 7) is 1.41. The molecule has 2 aromatic rings. The van der Waals surface area contributed by atoms with E-state index in [1.54, 1.807) is 31.4 Å². The highest BCUT2D eigenvalue weighted by Gasteiger charge is 2.08. The molecular weight excluding hydrogens is 400 g/mol. The number of rotatable bonds is 6. The Morgan fingerprint density at radius 3 is 2.35 bits per heavy atom. The van der Waals surface area contributed by atoms with Crippen molar-refractivity contribution >= 4 is 45.2 Å². The van der Waals surface area contributed by atoms with Crippen molar-refractivity contribution in [1.29, 1.82) is 0 Å². The van der Waals surface area contributed by atoms with Crippen LogP contribution in [0.3, 0.4) is 0 Å². The van der Waals surface area contributed by atoms with Gasteiger partial charge in [0.25, 0.3) is 0 Å². The molecule has 0 unspecified atom stereocenters. The predicted molar refractivity (Wildman–Crippen MR) is 106 cm³/mol. The van der Waals surface area contributed by atoms with Gasteiger partial charge in [-0.2, -0.15) is 0 Å². The molecule has 0 spiro atoms. The van der Waals surface area contributed by atoms with Crippen LogP contribution in [0.15, 0.2) is 46.9 Å².